The number of hydrogen-bond donors (Lipinski definition) is 1. The van der Waals surface area contributed by atoms with E-state index in [9.17, 15) is 79.4 Å². The molecule has 0 heterocycles. The van der Waals surface area contributed by atoms with Crippen molar-refractivity contribution in [3.8, 4) is 0 Å². The molecule has 0 aliphatic carbocycles. The van der Waals surface area contributed by atoms with Crippen molar-refractivity contribution in [1.82, 2.24) is 0 Å². The number of alkyl halides is 17. The summed E-state index contributed by atoms with van der Waals surface area (Å²) in [7, 11) is 0. The molecule has 2 nitrogen and oxygen atoms in total. The largest absolute Gasteiger partial charge is 0.481 e. The van der Waals surface area contributed by atoms with Crippen LogP contribution in [0.1, 0.15) is 19.8 Å². The number of carbonyl (C=O) groups is 1. The Morgan fingerprint density at radius 2 is 0.875 bits per heavy atom. The van der Waals surface area contributed by atoms with Gasteiger partial charge < -0.3 is 5.11 Å². The summed E-state index contributed by atoms with van der Waals surface area (Å²) >= 11 is 0. The van der Waals surface area contributed by atoms with Crippen LogP contribution in [0.2, 0.25) is 0 Å². The summed E-state index contributed by atoms with van der Waals surface area (Å²) in [5.41, 5.74) is 0. The highest BCUT2D eigenvalue weighted by Gasteiger charge is 2.95. The maximum absolute atomic E-state index is 13.7. The first-order valence-corrected chi connectivity index (χ1v) is 7.58. The summed E-state index contributed by atoms with van der Waals surface area (Å²) in [6.45, 7) is 0.769. The Morgan fingerprint density at radius 1 is 0.594 bits per heavy atom. The summed E-state index contributed by atoms with van der Waals surface area (Å²) in [5, 5.41) is 8.42. The van der Waals surface area contributed by atoms with Gasteiger partial charge in [-0.2, -0.15) is 74.6 Å². The molecule has 0 saturated carbocycles. The van der Waals surface area contributed by atoms with Gasteiger partial charge in [0, 0.05) is 0 Å². The fraction of sp³-hybridized carbons (Fsp3) is 0.923. The highest BCUT2D eigenvalue weighted by molar-refractivity contribution is 5.71. The van der Waals surface area contributed by atoms with Crippen LogP contribution in [0.4, 0.5) is 74.6 Å². The molecule has 0 radical (unpaired) electrons. The molecule has 0 bridgehead atoms. The first kappa shape index (κ1) is 30.3. The minimum Gasteiger partial charge on any atom is -0.481 e. The normalized spacial score (nSPS) is 16.8. The lowest BCUT2D eigenvalue weighted by Crippen LogP contribution is -2.75. The van der Waals surface area contributed by atoms with Gasteiger partial charge in [-0.1, -0.05) is 13.3 Å². The second-order valence-electron chi connectivity index (χ2n) is 6.25. The molecule has 0 aromatic carbocycles. The molecule has 0 amide bonds. The Morgan fingerprint density at radius 3 is 1.12 bits per heavy atom. The van der Waals surface area contributed by atoms with Crippen molar-refractivity contribution in [3.05, 3.63) is 0 Å². The molecule has 19 heteroatoms. The molecule has 1 N–H and O–H groups in total. The fourth-order valence-corrected chi connectivity index (χ4v) is 2.14. The van der Waals surface area contributed by atoms with Crippen molar-refractivity contribution in [3.63, 3.8) is 0 Å². The molecular weight excluding hydrogens is 511 g/mol. The predicted octanol–water partition coefficient (Wildman–Crippen LogP) is 6.50. The van der Waals surface area contributed by atoms with Crippen molar-refractivity contribution in [1.29, 1.82) is 0 Å². The molecule has 0 aliphatic rings. The van der Waals surface area contributed by atoms with Crippen molar-refractivity contribution in [2.75, 3.05) is 0 Å². The van der Waals surface area contributed by atoms with E-state index in [4.69, 9.17) is 5.11 Å². The smallest absolute Gasteiger partial charge is 0.460 e. The van der Waals surface area contributed by atoms with E-state index in [-0.39, 0.29) is 0 Å². The lowest BCUT2D eigenvalue weighted by atomic mass is 9.83. The summed E-state index contributed by atoms with van der Waals surface area (Å²) in [4.78, 5) is 10.6. The molecule has 0 saturated heterocycles. The van der Waals surface area contributed by atoms with Gasteiger partial charge in [0.1, 0.15) is 5.92 Å². The second-order valence-corrected chi connectivity index (χ2v) is 6.25. The molecule has 1 atom stereocenters. The lowest BCUT2D eigenvalue weighted by molar-refractivity contribution is -0.463. The Balaban J connectivity index is 6.87. The van der Waals surface area contributed by atoms with E-state index in [1.54, 1.807) is 0 Å². The van der Waals surface area contributed by atoms with Crippen LogP contribution in [0, 0.1) is 5.92 Å². The zero-order valence-corrected chi connectivity index (χ0v) is 14.8. The van der Waals surface area contributed by atoms with E-state index in [2.05, 4.69) is 0 Å². The van der Waals surface area contributed by atoms with Crippen LogP contribution >= 0.6 is 0 Å². The number of aliphatic carboxylic acids is 1. The molecule has 1 unspecified atom stereocenters. The van der Waals surface area contributed by atoms with Crippen molar-refractivity contribution in [2.24, 2.45) is 5.92 Å². The maximum Gasteiger partial charge on any atom is 0.460 e. The summed E-state index contributed by atoms with van der Waals surface area (Å²) in [6.07, 6.45) is -10.4. The molecule has 0 aromatic heterocycles. The van der Waals surface area contributed by atoms with Gasteiger partial charge in [-0.25, -0.2) is 0 Å². The van der Waals surface area contributed by atoms with Crippen LogP contribution in [0.3, 0.4) is 0 Å². The molecular formula is C13H9F17O2. The number of carboxylic acids is 1. The van der Waals surface area contributed by atoms with Crippen LogP contribution in [-0.4, -0.2) is 58.7 Å². The Hall–Kier alpha value is -1.72. The summed E-state index contributed by atoms with van der Waals surface area (Å²) < 4.78 is 222. The molecule has 32 heavy (non-hydrogen) atoms. The van der Waals surface area contributed by atoms with Crippen LogP contribution in [-0.2, 0) is 4.79 Å². The van der Waals surface area contributed by atoms with Gasteiger partial charge in [-0.3, -0.25) is 4.79 Å². The monoisotopic (exact) mass is 520 g/mol. The maximum atomic E-state index is 13.7. The average Bonchev–Trinajstić information content (AvgIpc) is 2.56. The quantitative estimate of drug-likeness (QED) is 0.335. The van der Waals surface area contributed by atoms with Crippen LogP contribution in [0.15, 0.2) is 0 Å². The van der Waals surface area contributed by atoms with Gasteiger partial charge in [-0.15, -0.1) is 0 Å². The van der Waals surface area contributed by atoms with E-state index < -0.39 is 72.4 Å². The molecule has 0 rings (SSSR count). The first-order valence-electron chi connectivity index (χ1n) is 7.58. The van der Waals surface area contributed by atoms with E-state index in [0.29, 0.717) is 0 Å². The Bertz CT molecular complexity index is 693. The Labute approximate surface area is 165 Å². The molecule has 0 spiro atoms. The van der Waals surface area contributed by atoms with Crippen molar-refractivity contribution < 1.29 is 84.5 Å². The van der Waals surface area contributed by atoms with Crippen molar-refractivity contribution in [2.45, 2.75) is 67.4 Å². The molecule has 0 aliphatic heterocycles. The molecule has 0 aromatic rings. The zero-order valence-electron chi connectivity index (χ0n) is 14.8. The van der Waals surface area contributed by atoms with Gasteiger partial charge in [0.05, 0.1) is 0 Å². The predicted molar refractivity (Wildman–Crippen MR) is 66.7 cm³/mol. The Kier molecular flexibility index (Phi) is 7.52. The SMILES string of the molecule is CCCC(C(=O)O)C(F)(F)C(F)(F)C(F)(F)C(F)(F)C(F)(F)C(F)(F)C(F)(F)C(F)(F)F. The average molecular weight is 520 g/mol. The minimum absolute atomic E-state index is 0.769. The van der Waals surface area contributed by atoms with Crippen molar-refractivity contribution >= 4 is 5.97 Å². The molecule has 192 valence electrons. The summed E-state index contributed by atoms with van der Waals surface area (Å²) in [6, 6.07) is 0. The third kappa shape index (κ3) is 3.81. The highest BCUT2D eigenvalue weighted by atomic mass is 19.4. The standard InChI is InChI=1S/C13H9F17O2/c1-2-3-4(5(31)32)6(14,15)7(16,17)8(18,19)9(20,21)10(22,23)11(24,25)12(26,27)13(28,29)30/h4H,2-3H2,1H3,(H,31,32). The third-order valence-corrected chi connectivity index (χ3v) is 4.06. The first-order chi connectivity index (χ1) is 13.6. The van der Waals surface area contributed by atoms with Gasteiger partial charge in [0.15, 0.2) is 0 Å². The van der Waals surface area contributed by atoms with Gasteiger partial charge >= 0.3 is 53.6 Å². The van der Waals surface area contributed by atoms with Gasteiger partial charge in [-0.05, 0) is 6.42 Å². The van der Waals surface area contributed by atoms with E-state index in [0.717, 1.165) is 6.92 Å². The van der Waals surface area contributed by atoms with Crippen LogP contribution in [0.5, 0.6) is 0 Å². The van der Waals surface area contributed by atoms with E-state index in [1.807, 2.05) is 0 Å². The zero-order chi connectivity index (χ0) is 26.6. The number of halogens is 17. The number of carboxylic acid groups (broad SMARTS) is 1. The van der Waals surface area contributed by atoms with Gasteiger partial charge in [0.2, 0.25) is 0 Å². The third-order valence-electron chi connectivity index (χ3n) is 4.06. The lowest BCUT2D eigenvalue weighted by Gasteiger charge is -2.43. The minimum atomic E-state index is -8.73. The van der Waals surface area contributed by atoms with Crippen LogP contribution < -0.4 is 0 Å². The van der Waals surface area contributed by atoms with Gasteiger partial charge in [0.25, 0.3) is 0 Å². The van der Waals surface area contributed by atoms with E-state index >= 15 is 0 Å². The fourth-order valence-electron chi connectivity index (χ4n) is 2.14. The van der Waals surface area contributed by atoms with E-state index in [1.165, 1.54) is 0 Å². The topological polar surface area (TPSA) is 37.3 Å². The molecule has 0 fully saturated rings. The number of hydrogen-bond acceptors (Lipinski definition) is 1. The highest BCUT2D eigenvalue weighted by Crippen LogP contribution is 2.64. The number of rotatable bonds is 10. The van der Waals surface area contributed by atoms with Crippen LogP contribution in [0.25, 0.3) is 0 Å². The second kappa shape index (κ2) is 7.95. The summed E-state index contributed by atoms with van der Waals surface area (Å²) in [5.74, 6) is -64.7.